The van der Waals surface area contributed by atoms with Crippen LogP contribution in [0.2, 0.25) is 0 Å². The molecule has 0 radical (unpaired) electrons. The van der Waals surface area contributed by atoms with Gasteiger partial charge in [0.2, 0.25) is 5.88 Å². The van der Waals surface area contributed by atoms with E-state index in [0.717, 1.165) is 32.1 Å². The largest absolute Gasteiger partial charge is 0.477 e. The monoisotopic (exact) mass is 280 g/mol. The molecule has 20 heavy (non-hydrogen) atoms. The van der Waals surface area contributed by atoms with Crippen molar-refractivity contribution in [2.24, 2.45) is 5.92 Å². The molecule has 1 aromatic heterocycles. The van der Waals surface area contributed by atoms with Crippen molar-refractivity contribution in [2.75, 3.05) is 13.2 Å². The van der Waals surface area contributed by atoms with Crippen molar-refractivity contribution in [3.63, 3.8) is 0 Å². The molecule has 1 N–H and O–H groups in total. The summed E-state index contributed by atoms with van der Waals surface area (Å²) in [4.78, 5) is 11.3. The fourth-order valence-corrected chi connectivity index (χ4v) is 2.56. The van der Waals surface area contributed by atoms with Crippen molar-refractivity contribution in [1.29, 1.82) is 0 Å². The van der Waals surface area contributed by atoms with E-state index in [4.69, 9.17) is 9.47 Å². The van der Waals surface area contributed by atoms with Crippen LogP contribution in [-0.2, 0) is 4.74 Å². The fraction of sp³-hybridized carbons (Fsp3) is 0.714. The quantitative estimate of drug-likeness (QED) is 0.896. The zero-order chi connectivity index (χ0) is 13.9. The number of rotatable bonds is 5. The predicted molar refractivity (Wildman–Crippen MR) is 70.9 cm³/mol. The van der Waals surface area contributed by atoms with Crippen molar-refractivity contribution in [3.05, 3.63) is 11.8 Å². The molecule has 2 heterocycles. The van der Waals surface area contributed by atoms with E-state index in [9.17, 15) is 9.90 Å². The van der Waals surface area contributed by atoms with Crippen molar-refractivity contribution >= 4 is 5.97 Å². The summed E-state index contributed by atoms with van der Waals surface area (Å²) in [6.07, 6.45) is 7.91. The molecule has 0 aromatic carbocycles. The molecule has 0 amide bonds. The highest BCUT2D eigenvalue weighted by Crippen LogP contribution is 2.29. The summed E-state index contributed by atoms with van der Waals surface area (Å²) < 4.78 is 12.8. The minimum atomic E-state index is -1.00. The van der Waals surface area contributed by atoms with Crippen molar-refractivity contribution < 1.29 is 19.4 Å². The molecule has 3 rings (SSSR count). The Kier molecular flexibility index (Phi) is 3.91. The van der Waals surface area contributed by atoms with Crippen LogP contribution in [0.5, 0.6) is 5.88 Å². The Labute approximate surface area is 117 Å². The van der Waals surface area contributed by atoms with Gasteiger partial charge in [0.1, 0.15) is 11.8 Å². The number of hydrogen-bond acceptors (Lipinski definition) is 4. The number of nitrogens with zero attached hydrogens (tertiary/aromatic N) is 2. The third-order valence-corrected chi connectivity index (χ3v) is 4.06. The van der Waals surface area contributed by atoms with Gasteiger partial charge in [0, 0.05) is 12.8 Å². The van der Waals surface area contributed by atoms with E-state index in [-0.39, 0.29) is 17.7 Å². The number of carboxylic acid groups (broad SMARTS) is 1. The molecule has 1 aliphatic carbocycles. The van der Waals surface area contributed by atoms with Crippen molar-refractivity contribution in [2.45, 2.75) is 44.8 Å². The summed E-state index contributed by atoms with van der Waals surface area (Å²) in [5, 5.41) is 13.5. The highest BCUT2D eigenvalue weighted by molar-refractivity contribution is 5.89. The van der Waals surface area contributed by atoms with Gasteiger partial charge in [-0.1, -0.05) is 6.42 Å². The number of aromatic carboxylic acids is 1. The smallest absolute Gasteiger partial charge is 0.342 e. The second kappa shape index (κ2) is 5.83. The van der Waals surface area contributed by atoms with Crippen LogP contribution in [0.15, 0.2) is 6.20 Å². The van der Waals surface area contributed by atoms with E-state index in [1.807, 2.05) is 0 Å². The maximum atomic E-state index is 11.3. The lowest BCUT2D eigenvalue weighted by atomic mass is 9.86. The zero-order valence-electron chi connectivity index (χ0n) is 11.5. The first-order valence-corrected chi connectivity index (χ1v) is 7.31. The van der Waals surface area contributed by atoms with Gasteiger partial charge in [-0.2, -0.15) is 0 Å². The molecule has 1 atom stereocenters. The van der Waals surface area contributed by atoms with Crippen molar-refractivity contribution in [3.8, 4) is 5.88 Å². The second-order valence-corrected chi connectivity index (χ2v) is 5.56. The molecule has 6 heteroatoms. The predicted octanol–water partition coefficient (Wildman–Crippen LogP) is 2.46. The lowest BCUT2D eigenvalue weighted by Crippen LogP contribution is -2.20. The summed E-state index contributed by atoms with van der Waals surface area (Å²) >= 11 is 0. The SMILES string of the molecule is O=C(O)c1cn(C2CCCCO2)nc1OCC1CCC1. The lowest BCUT2D eigenvalue weighted by molar-refractivity contribution is -0.0401. The van der Waals surface area contributed by atoms with Gasteiger partial charge in [-0.15, -0.1) is 5.10 Å². The van der Waals surface area contributed by atoms with Gasteiger partial charge in [0.25, 0.3) is 0 Å². The van der Waals surface area contributed by atoms with Crippen LogP contribution in [0.4, 0.5) is 0 Å². The van der Waals surface area contributed by atoms with Crippen LogP contribution in [0.1, 0.15) is 55.1 Å². The number of aromatic nitrogens is 2. The van der Waals surface area contributed by atoms with Gasteiger partial charge >= 0.3 is 5.97 Å². The topological polar surface area (TPSA) is 73.6 Å². The first-order chi connectivity index (χ1) is 9.74. The van der Waals surface area contributed by atoms with Crippen LogP contribution in [0, 0.1) is 5.92 Å². The summed E-state index contributed by atoms with van der Waals surface area (Å²) in [6.45, 7) is 1.26. The minimum absolute atomic E-state index is 0.124. The molecule has 1 saturated carbocycles. The second-order valence-electron chi connectivity index (χ2n) is 5.56. The number of carboxylic acids is 1. The van der Waals surface area contributed by atoms with Crippen LogP contribution >= 0.6 is 0 Å². The van der Waals surface area contributed by atoms with E-state index in [2.05, 4.69) is 5.10 Å². The Bertz CT molecular complexity index is 476. The molecule has 1 saturated heterocycles. The summed E-state index contributed by atoms with van der Waals surface area (Å²) in [7, 11) is 0. The highest BCUT2D eigenvalue weighted by atomic mass is 16.5. The Balaban J connectivity index is 1.72. The Morgan fingerprint density at radius 3 is 2.85 bits per heavy atom. The van der Waals surface area contributed by atoms with E-state index in [0.29, 0.717) is 19.1 Å². The van der Waals surface area contributed by atoms with Crippen LogP contribution in [0.25, 0.3) is 0 Å². The summed E-state index contributed by atoms with van der Waals surface area (Å²) in [5.41, 5.74) is 0.124. The van der Waals surface area contributed by atoms with Gasteiger partial charge in [-0.25, -0.2) is 9.48 Å². The van der Waals surface area contributed by atoms with E-state index in [1.54, 1.807) is 4.68 Å². The normalized spacial score (nSPS) is 23.3. The first-order valence-electron chi connectivity index (χ1n) is 7.31. The first kappa shape index (κ1) is 13.4. The van der Waals surface area contributed by atoms with Crippen LogP contribution < -0.4 is 4.74 Å². The fourth-order valence-electron chi connectivity index (χ4n) is 2.56. The van der Waals surface area contributed by atoms with Crippen LogP contribution in [0.3, 0.4) is 0 Å². The lowest BCUT2D eigenvalue weighted by Gasteiger charge is -2.24. The standard InChI is InChI=1S/C14H20N2O4/c17-14(18)11-8-16(12-6-1-2-7-19-12)15-13(11)20-9-10-4-3-5-10/h8,10,12H,1-7,9H2,(H,17,18). The molecule has 1 aromatic rings. The van der Waals surface area contributed by atoms with Gasteiger partial charge in [0.15, 0.2) is 0 Å². The molecule has 0 spiro atoms. The van der Waals surface area contributed by atoms with Gasteiger partial charge in [-0.3, -0.25) is 0 Å². The van der Waals surface area contributed by atoms with Gasteiger partial charge < -0.3 is 14.6 Å². The molecular formula is C14H20N2O4. The van der Waals surface area contributed by atoms with Crippen LogP contribution in [-0.4, -0.2) is 34.1 Å². The summed E-state index contributed by atoms with van der Waals surface area (Å²) in [6, 6.07) is 0. The number of carbonyl (C=O) groups is 1. The third kappa shape index (κ3) is 2.80. The van der Waals surface area contributed by atoms with E-state index in [1.165, 1.54) is 12.6 Å². The molecule has 6 nitrogen and oxygen atoms in total. The Morgan fingerprint density at radius 2 is 2.25 bits per heavy atom. The molecule has 110 valence electrons. The van der Waals surface area contributed by atoms with E-state index < -0.39 is 5.97 Å². The summed E-state index contributed by atoms with van der Waals surface area (Å²) in [5.74, 6) is -0.234. The minimum Gasteiger partial charge on any atom is -0.477 e. The molecule has 2 aliphatic rings. The molecule has 0 bridgehead atoms. The highest BCUT2D eigenvalue weighted by Gasteiger charge is 2.25. The van der Waals surface area contributed by atoms with Gasteiger partial charge in [-0.05, 0) is 38.0 Å². The average Bonchev–Trinajstić information content (AvgIpc) is 2.82. The number of hydrogen-bond donors (Lipinski definition) is 1. The van der Waals surface area contributed by atoms with Gasteiger partial charge in [0.05, 0.1) is 6.61 Å². The number of ether oxygens (including phenoxy) is 2. The average molecular weight is 280 g/mol. The van der Waals surface area contributed by atoms with E-state index >= 15 is 0 Å². The molecule has 2 fully saturated rings. The maximum absolute atomic E-state index is 11.3. The third-order valence-electron chi connectivity index (χ3n) is 4.06. The molecule has 1 unspecified atom stereocenters. The molecular weight excluding hydrogens is 260 g/mol. The maximum Gasteiger partial charge on any atom is 0.342 e. The molecule has 1 aliphatic heterocycles. The van der Waals surface area contributed by atoms with Crippen molar-refractivity contribution in [1.82, 2.24) is 9.78 Å². The Hall–Kier alpha value is -1.56. The Morgan fingerprint density at radius 1 is 1.40 bits per heavy atom. The zero-order valence-corrected chi connectivity index (χ0v) is 11.5.